The fourth-order valence-corrected chi connectivity index (χ4v) is 3.89. The molecule has 0 aliphatic heterocycles. The van der Waals surface area contributed by atoms with Crippen LogP contribution in [0.4, 0.5) is 23.1 Å². The molecule has 0 aliphatic carbocycles. The smallest absolute Gasteiger partial charge is 0.188 e. The van der Waals surface area contributed by atoms with Crippen LogP contribution in [0.2, 0.25) is 0 Å². The van der Waals surface area contributed by atoms with Gasteiger partial charge in [0.25, 0.3) is 0 Å². The van der Waals surface area contributed by atoms with Gasteiger partial charge in [0, 0.05) is 17.3 Å². The molecule has 152 valence electrons. The van der Waals surface area contributed by atoms with Gasteiger partial charge in [-0.2, -0.15) is 0 Å². The first-order valence-electron chi connectivity index (χ1n) is 9.52. The third-order valence-corrected chi connectivity index (χ3v) is 6.06. The van der Waals surface area contributed by atoms with E-state index in [1.807, 2.05) is 36.4 Å². The Balaban J connectivity index is 1.52. The number of hydrogen-bond donors (Lipinski definition) is 3. The van der Waals surface area contributed by atoms with Crippen LogP contribution in [-0.2, 0) is 6.54 Å². The van der Waals surface area contributed by atoms with Crippen LogP contribution >= 0.6 is 7.92 Å². The highest BCUT2D eigenvalue weighted by atomic mass is 31.1. The second-order valence-corrected chi connectivity index (χ2v) is 9.49. The summed E-state index contributed by atoms with van der Waals surface area (Å²) in [5.41, 5.74) is 8.96. The van der Waals surface area contributed by atoms with Gasteiger partial charge in [-0.25, -0.2) is 15.8 Å². The van der Waals surface area contributed by atoms with Crippen molar-refractivity contribution in [2.24, 2.45) is 5.84 Å². The van der Waals surface area contributed by atoms with Crippen molar-refractivity contribution in [2.75, 3.05) is 29.4 Å². The molecule has 0 saturated carbocycles. The van der Waals surface area contributed by atoms with Crippen LogP contribution in [0.5, 0.6) is 0 Å². The van der Waals surface area contributed by atoms with E-state index in [9.17, 15) is 0 Å². The molecule has 5 N–H and O–H groups in total. The van der Waals surface area contributed by atoms with E-state index in [1.54, 1.807) is 12.4 Å². The van der Waals surface area contributed by atoms with Crippen LogP contribution in [0.25, 0.3) is 10.9 Å². The number of nitrogens with one attached hydrogen (secondary N) is 1. The average Bonchev–Trinajstić information content (AvgIpc) is 2.75. The highest BCUT2D eigenvalue weighted by Crippen LogP contribution is 2.26. The fourth-order valence-electron chi connectivity index (χ4n) is 3.15. The van der Waals surface area contributed by atoms with Crippen molar-refractivity contribution in [3.05, 3.63) is 72.6 Å². The molecular weight excluding hydrogens is 393 g/mol. The Kier molecular flexibility index (Phi) is 5.74. The monoisotopic (exact) mass is 417 g/mol. The minimum atomic E-state index is -0.121. The van der Waals surface area contributed by atoms with E-state index in [4.69, 9.17) is 11.6 Å². The standard InChI is InChI=1S/C22H24N7P/c1-30(2)18-8-6-17(7-9-18)27-20-13-26-21(23)22(28-20)29(24)14-15-5-10-19-16(12-15)4-3-11-25-19/h3-13H,14,24H2,1-2H3,(H2,23,26)(H,27,28). The minimum Gasteiger partial charge on any atom is -0.381 e. The molecule has 4 rings (SSSR count). The zero-order valence-corrected chi connectivity index (χ0v) is 17.8. The lowest BCUT2D eigenvalue weighted by molar-refractivity contribution is 0.831. The van der Waals surface area contributed by atoms with Crippen LogP contribution in [-0.4, -0.2) is 28.3 Å². The lowest BCUT2D eigenvalue weighted by atomic mass is 10.1. The third kappa shape index (κ3) is 4.48. The van der Waals surface area contributed by atoms with E-state index >= 15 is 0 Å². The van der Waals surface area contributed by atoms with Crippen molar-refractivity contribution in [3.63, 3.8) is 0 Å². The SMILES string of the molecule is CP(C)c1ccc(Nc2cnc(N)c(N(N)Cc3ccc4ncccc4c3)n2)cc1. The maximum Gasteiger partial charge on any atom is 0.188 e. The summed E-state index contributed by atoms with van der Waals surface area (Å²) in [6.07, 6.45) is 3.39. The summed E-state index contributed by atoms with van der Waals surface area (Å²) in [6.45, 7) is 4.91. The molecule has 2 heterocycles. The van der Waals surface area contributed by atoms with Gasteiger partial charge in [0.15, 0.2) is 17.5 Å². The second-order valence-electron chi connectivity index (χ2n) is 7.19. The maximum atomic E-state index is 6.30. The van der Waals surface area contributed by atoms with Gasteiger partial charge in [0.05, 0.1) is 18.3 Å². The van der Waals surface area contributed by atoms with Gasteiger partial charge in [-0.3, -0.25) is 9.99 Å². The van der Waals surface area contributed by atoms with Gasteiger partial charge in [-0.05, 0) is 54.5 Å². The van der Waals surface area contributed by atoms with Crippen LogP contribution in [0.3, 0.4) is 0 Å². The van der Waals surface area contributed by atoms with Crippen molar-refractivity contribution in [1.29, 1.82) is 0 Å². The molecule has 30 heavy (non-hydrogen) atoms. The van der Waals surface area contributed by atoms with Crippen molar-refractivity contribution in [1.82, 2.24) is 15.0 Å². The van der Waals surface area contributed by atoms with Gasteiger partial charge < -0.3 is 11.1 Å². The van der Waals surface area contributed by atoms with Gasteiger partial charge >= 0.3 is 0 Å². The summed E-state index contributed by atoms with van der Waals surface area (Å²) in [4.78, 5) is 13.2. The summed E-state index contributed by atoms with van der Waals surface area (Å²) >= 11 is 0. The quantitative estimate of drug-likeness (QED) is 0.250. The number of fused-ring (bicyclic) bond motifs is 1. The number of rotatable bonds is 6. The Labute approximate surface area is 176 Å². The van der Waals surface area contributed by atoms with E-state index in [0.717, 1.165) is 22.2 Å². The van der Waals surface area contributed by atoms with E-state index in [-0.39, 0.29) is 13.7 Å². The normalized spacial score (nSPS) is 11.1. The fraction of sp³-hybridized carbons (Fsp3) is 0.136. The number of hydrogen-bond acceptors (Lipinski definition) is 7. The Morgan fingerprint density at radius 1 is 1.03 bits per heavy atom. The van der Waals surface area contributed by atoms with Crippen LogP contribution in [0, 0.1) is 0 Å². The summed E-state index contributed by atoms with van der Waals surface area (Å²) in [5, 5.41) is 7.18. The van der Waals surface area contributed by atoms with Crippen LogP contribution in [0.1, 0.15) is 5.56 Å². The molecule has 0 saturated heterocycles. The summed E-state index contributed by atoms with van der Waals surface area (Å²) < 4.78 is 0. The largest absolute Gasteiger partial charge is 0.381 e. The summed E-state index contributed by atoms with van der Waals surface area (Å²) in [6, 6.07) is 18.3. The number of pyridine rings is 1. The topological polar surface area (TPSA) is 106 Å². The Morgan fingerprint density at radius 3 is 2.60 bits per heavy atom. The molecule has 0 bridgehead atoms. The highest BCUT2D eigenvalue weighted by Gasteiger charge is 2.12. The van der Waals surface area contributed by atoms with Crippen molar-refractivity contribution < 1.29 is 0 Å². The number of hydrazine groups is 1. The lowest BCUT2D eigenvalue weighted by Gasteiger charge is -2.20. The predicted molar refractivity (Wildman–Crippen MR) is 127 cm³/mol. The number of nitrogens with zero attached hydrogens (tertiary/aromatic N) is 4. The number of nitrogens with two attached hydrogens (primary N) is 2. The van der Waals surface area contributed by atoms with Crippen LogP contribution in [0.15, 0.2) is 67.0 Å². The first kappa shape index (κ1) is 20.0. The van der Waals surface area contributed by atoms with Crippen molar-refractivity contribution >= 4 is 47.3 Å². The molecule has 0 spiro atoms. The lowest BCUT2D eigenvalue weighted by Crippen LogP contribution is -2.32. The third-order valence-electron chi connectivity index (χ3n) is 4.73. The molecule has 0 radical (unpaired) electrons. The number of nitrogen functional groups attached to an aromatic ring is 1. The second kappa shape index (κ2) is 8.61. The summed E-state index contributed by atoms with van der Waals surface area (Å²) in [7, 11) is -0.121. The van der Waals surface area contributed by atoms with E-state index < -0.39 is 0 Å². The molecule has 0 unspecified atom stereocenters. The molecule has 8 heteroatoms. The average molecular weight is 417 g/mol. The van der Waals surface area contributed by atoms with E-state index in [2.05, 4.69) is 51.8 Å². The van der Waals surface area contributed by atoms with Crippen LogP contribution < -0.4 is 27.2 Å². The van der Waals surface area contributed by atoms with E-state index in [0.29, 0.717) is 18.2 Å². The molecule has 0 fully saturated rings. The number of benzene rings is 2. The Morgan fingerprint density at radius 2 is 1.83 bits per heavy atom. The number of anilines is 4. The van der Waals surface area contributed by atoms with Gasteiger partial charge in [-0.15, -0.1) is 0 Å². The van der Waals surface area contributed by atoms with Gasteiger partial charge in [-0.1, -0.05) is 32.2 Å². The number of aromatic nitrogens is 3. The highest BCUT2D eigenvalue weighted by molar-refractivity contribution is 7.64. The zero-order chi connectivity index (χ0) is 21.1. The van der Waals surface area contributed by atoms with Gasteiger partial charge in [0.1, 0.15) is 0 Å². The molecule has 2 aromatic heterocycles. The Hall–Kier alpha value is -3.28. The van der Waals surface area contributed by atoms with Crippen molar-refractivity contribution in [2.45, 2.75) is 6.54 Å². The minimum absolute atomic E-state index is 0.121. The maximum absolute atomic E-state index is 6.30. The van der Waals surface area contributed by atoms with Crippen molar-refractivity contribution in [3.8, 4) is 0 Å². The molecule has 0 aliphatic rings. The molecule has 0 amide bonds. The first-order valence-corrected chi connectivity index (χ1v) is 11.8. The predicted octanol–water partition coefficient (Wildman–Crippen LogP) is 3.60. The Bertz CT molecular complexity index is 1160. The zero-order valence-electron chi connectivity index (χ0n) is 16.9. The molecular formula is C22H24N7P. The summed E-state index contributed by atoms with van der Waals surface area (Å²) in [5.74, 6) is 7.59. The molecule has 2 aromatic carbocycles. The molecule has 4 aromatic rings. The molecule has 7 nitrogen and oxygen atoms in total. The van der Waals surface area contributed by atoms with Gasteiger partial charge in [0.2, 0.25) is 0 Å². The molecule has 0 atom stereocenters. The first-order chi connectivity index (χ1) is 14.5. The van der Waals surface area contributed by atoms with E-state index in [1.165, 1.54) is 10.3 Å².